The number of ether oxygens (including phenoxy) is 1. The molecule has 78 valence electrons. The molecule has 0 heterocycles. The molecular weight excluding hydrogens is 198 g/mol. The van der Waals surface area contributed by atoms with Crippen LogP contribution in [0.25, 0.3) is 0 Å². The quantitative estimate of drug-likeness (QED) is 0.742. The highest BCUT2D eigenvalue weighted by Crippen LogP contribution is 2.33. The normalized spacial score (nSPS) is 12.6. The molecule has 0 saturated carbocycles. The number of hydrogen-bond donors (Lipinski definition) is 2. The number of benzene rings is 1. The lowest BCUT2D eigenvalue weighted by Gasteiger charge is -2.16. The second-order valence-corrected chi connectivity index (χ2v) is 3.68. The minimum atomic E-state index is -0.659. The minimum Gasteiger partial charge on any atom is -0.496 e. The summed E-state index contributed by atoms with van der Waals surface area (Å²) in [4.78, 5) is 1.00. The highest BCUT2D eigenvalue weighted by molar-refractivity contribution is 7.98. The van der Waals surface area contributed by atoms with Crippen LogP contribution in [0.4, 0.5) is 0 Å². The molecule has 1 rings (SSSR count). The standard InChI is InChI=1S/C10H15NO2S/c1-13-8-4-3-5-9(14-2)10(8)7(12)6-11/h3-5,7,12H,6,11H2,1-2H3. The van der Waals surface area contributed by atoms with Gasteiger partial charge in [0.1, 0.15) is 5.75 Å². The second-order valence-electron chi connectivity index (χ2n) is 2.83. The number of rotatable bonds is 4. The maximum atomic E-state index is 9.73. The summed E-state index contributed by atoms with van der Waals surface area (Å²) in [6, 6.07) is 5.67. The molecule has 1 aromatic carbocycles. The molecule has 0 bridgehead atoms. The number of aliphatic hydroxyl groups excluding tert-OH is 1. The lowest BCUT2D eigenvalue weighted by atomic mass is 10.1. The van der Waals surface area contributed by atoms with Crippen molar-refractivity contribution in [1.82, 2.24) is 0 Å². The molecule has 0 aromatic heterocycles. The van der Waals surface area contributed by atoms with Gasteiger partial charge in [-0.05, 0) is 18.4 Å². The Balaban J connectivity index is 3.18. The number of thioether (sulfide) groups is 1. The van der Waals surface area contributed by atoms with Crippen molar-refractivity contribution in [2.75, 3.05) is 19.9 Å². The highest BCUT2D eigenvalue weighted by atomic mass is 32.2. The van der Waals surface area contributed by atoms with Crippen molar-refractivity contribution in [3.8, 4) is 5.75 Å². The van der Waals surface area contributed by atoms with Crippen molar-refractivity contribution < 1.29 is 9.84 Å². The molecule has 0 fully saturated rings. The molecule has 3 N–H and O–H groups in total. The van der Waals surface area contributed by atoms with Crippen molar-refractivity contribution in [2.24, 2.45) is 5.73 Å². The fourth-order valence-corrected chi connectivity index (χ4v) is 2.00. The third-order valence-electron chi connectivity index (χ3n) is 2.02. The molecule has 4 heteroatoms. The van der Waals surface area contributed by atoms with Crippen molar-refractivity contribution in [1.29, 1.82) is 0 Å². The molecule has 14 heavy (non-hydrogen) atoms. The summed E-state index contributed by atoms with van der Waals surface area (Å²) in [6.45, 7) is 0.202. The van der Waals surface area contributed by atoms with E-state index in [-0.39, 0.29) is 6.54 Å². The van der Waals surface area contributed by atoms with Gasteiger partial charge in [-0.15, -0.1) is 11.8 Å². The van der Waals surface area contributed by atoms with Crippen LogP contribution < -0.4 is 10.5 Å². The molecule has 0 amide bonds. The van der Waals surface area contributed by atoms with Gasteiger partial charge in [0.25, 0.3) is 0 Å². The Hall–Kier alpha value is -0.710. The highest BCUT2D eigenvalue weighted by Gasteiger charge is 2.15. The maximum absolute atomic E-state index is 9.73. The van der Waals surface area contributed by atoms with E-state index in [1.54, 1.807) is 18.9 Å². The molecule has 0 spiro atoms. The van der Waals surface area contributed by atoms with Gasteiger partial charge in [-0.3, -0.25) is 0 Å². The van der Waals surface area contributed by atoms with E-state index in [4.69, 9.17) is 10.5 Å². The van der Waals surface area contributed by atoms with Gasteiger partial charge in [0.15, 0.2) is 0 Å². The van der Waals surface area contributed by atoms with Gasteiger partial charge in [0, 0.05) is 17.0 Å². The Morgan fingerprint density at radius 3 is 2.79 bits per heavy atom. The monoisotopic (exact) mass is 213 g/mol. The van der Waals surface area contributed by atoms with Crippen LogP contribution in [-0.2, 0) is 0 Å². The zero-order valence-electron chi connectivity index (χ0n) is 8.36. The first kappa shape index (κ1) is 11.4. The summed E-state index contributed by atoms with van der Waals surface area (Å²) in [5.74, 6) is 0.690. The van der Waals surface area contributed by atoms with Crippen LogP contribution in [0.2, 0.25) is 0 Å². The van der Waals surface area contributed by atoms with Gasteiger partial charge in [0.05, 0.1) is 13.2 Å². The first-order chi connectivity index (χ1) is 6.74. The number of hydrogen-bond acceptors (Lipinski definition) is 4. The number of nitrogens with two attached hydrogens (primary N) is 1. The molecule has 1 unspecified atom stereocenters. The van der Waals surface area contributed by atoms with Crippen LogP contribution in [0.5, 0.6) is 5.75 Å². The Bertz CT molecular complexity index is 282. The molecule has 0 aliphatic heterocycles. The van der Waals surface area contributed by atoms with Gasteiger partial charge < -0.3 is 15.6 Å². The summed E-state index contributed by atoms with van der Waals surface area (Å²) >= 11 is 1.57. The van der Waals surface area contributed by atoms with E-state index in [1.807, 2.05) is 24.5 Å². The average Bonchev–Trinajstić information content (AvgIpc) is 2.26. The third-order valence-corrected chi connectivity index (χ3v) is 2.82. The zero-order chi connectivity index (χ0) is 10.6. The van der Waals surface area contributed by atoms with Crippen LogP contribution in [0.3, 0.4) is 0 Å². The second kappa shape index (κ2) is 5.24. The Morgan fingerprint density at radius 2 is 2.29 bits per heavy atom. The molecule has 3 nitrogen and oxygen atoms in total. The van der Waals surface area contributed by atoms with Crippen molar-refractivity contribution in [2.45, 2.75) is 11.0 Å². The molecule has 1 atom stereocenters. The fourth-order valence-electron chi connectivity index (χ4n) is 1.33. The summed E-state index contributed by atoms with van der Waals surface area (Å²) in [7, 11) is 1.59. The SMILES string of the molecule is COc1cccc(SC)c1C(O)CN. The average molecular weight is 213 g/mol. The maximum Gasteiger partial charge on any atom is 0.125 e. The van der Waals surface area contributed by atoms with Crippen molar-refractivity contribution in [3.63, 3.8) is 0 Å². The van der Waals surface area contributed by atoms with Gasteiger partial charge >= 0.3 is 0 Å². The first-order valence-corrected chi connectivity index (χ1v) is 5.56. The van der Waals surface area contributed by atoms with Crippen molar-refractivity contribution in [3.05, 3.63) is 23.8 Å². The summed E-state index contributed by atoms with van der Waals surface area (Å²) < 4.78 is 5.18. The molecule has 0 aliphatic rings. The topological polar surface area (TPSA) is 55.5 Å². The Labute approximate surface area is 88.3 Å². The lowest BCUT2D eigenvalue weighted by molar-refractivity contribution is 0.179. The van der Waals surface area contributed by atoms with Crippen LogP contribution in [0.1, 0.15) is 11.7 Å². The van der Waals surface area contributed by atoms with E-state index in [1.165, 1.54) is 0 Å². The summed E-state index contributed by atoms with van der Waals surface area (Å²) in [5.41, 5.74) is 6.22. The van der Waals surface area contributed by atoms with Gasteiger partial charge in [-0.25, -0.2) is 0 Å². The Morgan fingerprint density at radius 1 is 1.57 bits per heavy atom. The van der Waals surface area contributed by atoms with Gasteiger partial charge in [-0.2, -0.15) is 0 Å². The van der Waals surface area contributed by atoms with Crippen LogP contribution >= 0.6 is 11.8 Å². The van der Waals surface area contributed by atoms with Gasteiger partial charge in [-0.1, -0.05) is 6.07 Å². The van der Waals surface area contributed by atoms with E-state index >= 15 is 0 Å². The summed E-state index contributed by atoms with van der Waals surface area (Å²) in [5, 5.41) is 9.73. The molecule has 0 radical (unpaired) electrons. The largest absolute Gasteiger partial charge is 0.496 e. The molecule has 1 aromatic rings. The summed E-state index contributed by atoms with van der Waals surface area (Å²) in [6.07, 6.45) is 1.30. The molecular formula is C10H15NO2S. The van der Waals surface area contributed by atoms with Crippen molar-refractivity contribution >= 4 is 11.8 Å². The predicted molar refractivity (Wildman–Crippen MR) is 58.8 cm³/mol. The number of aliphatic hydroxyl groups is 1. The van der Waals surface area contributed by atoms with E-state index in [0.717, 1.165) is 10.5 Å². The minimum absolute atomic E-state index is 0.202. The fraction of sp³-hybridized carbons (Fsp3) is 0.400. The Kier molecular flexibility index (Phi) is 4.25. The zero-order valence-corrected chi connectivity index (χ0v) is 9.17. The molecule has 0 saturated heterocycles. The predicted octanol–water partition coefficient (Wildman–Crippen LogP) is 1.41. The number of methoxy groups -OCH3 is 1. The van der Waals surface area contributed by atoms with E-state index < -0.39 is 6.10 Å². The smallest absolute Gasteiger partial charge is 0.125 e. The van der Waals surface area contributed by atoms with Crippen LogP contribution in [-0.4, -0.2) is 25.0 Å². The first-order valence-electron chi connectivity index (χ1n) is 4.33. The lowest BCUT2D eigenvalue weighted by Crippen LogP contribution is -2.13. The van der Waals surface area contributed by atoms with Crippen LogP contribution in [0, 0.1) is 0 Å². The van der Waals surface area contributed by atoms with Gasteiger partial charge in [0.2, 0.25) is 0 Å². The van der Waals surface area contributed by atoms with E-state index in [2.05, 4.69) is 0 Å². The van der Waals surface area contributed by atoms with E-state index in [9.17, 15) is 5.11 Å². The third kappa shape index (κ3) is 2.20. The van der Waals surface area contributed by atoms with Crippen LogP contribution in [0.15, 0.2) is 23.1 Å². The molecule has 0 aliphatic carbocycles. The van der Waals surface area contributed by atoms with E-state index in [0.29, 0.717) is 5.75 Å².